The zero-order valence-corrected chi connectivity index (χ0v) is 10.4. The summed E-state index contributed by atoms with van der Waals surface area (Å²) in [4.78, 5) is 0. The third kappa shape index (κ3) is 3.39. The largest absolute Gasteiger partial charge is 0.503 e. The number of benzene rings is 1. The van der Waals surface area contributed by atoms with E-state index in [4.69, 9.17) is 10.5 Å². The lowest BCUT2D eigenvalue weighted by molar-refractivity contribution is 0.317. The minimum Gasteiger partial charge on any atom is -0.503 e. The number of rotatable bonds is 5. The molecule has 0 aromatic heterocycles. The fraction of sp³-hybridized carbons (Fsp3) is 0.455. The van der Waals surface area contributed by atoms with Gasteiger partial charge < -0.3 is 15.6 Å². The monoisotopic (exact) mass is 273 g/mol. The molecular formula is C11H16BrNO2. The molecule has 0 fully saturated rings. The molecule has 1 aromatic rings. The van der Waals surface area contributed by atoms with Crippen LogP contribution in [0.1, 0.15) is 18.9 Å². The van der Waals surface area contributed by atoms with Crippen molar-refractivity contribution >= 4 is 15.9 Å². The van der Waals surface area contributed by atoms with Crippen molar-refractivity contribution in [2.45, 2.75) is 19.8 Å². The quantitative estimate of drug-likeness (QED) is 0.867. The Bertz CT molecular complexity index is 329. The standard InChI is InChI=1S/C11H16BrNO2/c1-2-15-10-7-8(4-3-5-13)6-9(12)11(10)14/h6-7,14H,2-5,13H2,1H3. The summed E-state index contributed by atoms with van der Waals surface area (Å²) in [5.74, 6) is 0.687. The van der Waals surface area contributed by atoms with E-state index in [0.29, 0.717) is 23.4 Å². The molecule has 0 amide bonds. The Labute approximate surface area is 98.4 Å². The highest BCUT2D eigenvalue weighted by Gasteiger charge is 2.08. The average Bonchev–Trinajstić information content (AvgIpc) is 2.22. The van der Waals surface area contributed by atoms with Gasteiger partial charge in [-0.25, -0.2) is 0 Å². The maximum Gasteiger partial charge on any atom is 0.172 e. The summed E-state index contributed by atoms with van der Waals surface area (Å²) >= 11 is 3.30. The lowest BCUT2D eigenvalue weighted by Crippen LogP contribution is -2.01. The van der Waals surface area contributed by atoms with Crippen LogP contribution in [0.25, 0.3) is 0 Å². The highest BCUT2D eigenvalue weighted by molar-refractivity contribution is 9.10. The number of halogens is 1. The fourth-order valence-electron chi connectivity index (χ4n) is 1.34. The minimum absolute atomic E-state index is 0.161. The van der Waals surface area contributed by atoms with E-state index in [1.165, 1.54) is 0 Å². The summed E-state index contributed by atoms with van der Waals surface area (Å²) in [5, 5.41) is 9.68. The van der Waals surface area contributed by atoms with Gasteiger partial charge in [-0.1, -0.05) is 0 Å². The molecule has 0 aliphatic carbocycles. The molecule has 1 rings (SSSR count). The van der Waals surface area contributed by atoms with Crippen LogP contribution in [0.3, 0.4) is 0 Å². The Balaban J connectivity index is 2.90. The van der Waals surface area contributed by atoms with Crippen LogP contribution in [0, 0.1) is 0 Å². The molecule has 0 atom stereocenters. The summed E-state index contributed by atoms with van der Waals surface area (Å²) in [6.07, 6.45) is 1.83. The average molecular weight is 274 g/mol. The molecule has 0 aliphatic heterocycles. The molecule has 0 saturated heterocycles. The Kier molecular flexibility index (Phi) is 4.91. The molecule has 3 nitrogen and oxygen atoms in total. The van der Waals surface area contributed by atoms with E-state index in [9.17, 15) is 5.11 Å². The van der Waals surface area contributed by atoms with Crippen molar-refractivity contribution < 1.29 is 9.84 Å². The summed E-state index contributed by atoms with van der Waals surface area (Å²) in [7, 11) is 0. The van der Waals surface area contributed by atoms with E-state index < -0.39 is 0 Å². The molecular weight excluding hydrogens is 258 g/mol. The third-order valence-electron chi connectivity index (χ3n) is 2.06. The van der Waals surface area contributed by atoms with Crippen molar-refractivity contribution in [3.05, 3.63) is 22.2 Å². The molecule has 84 valence electrons. The number of phenols is 1. The maximum atomic E-state index is 9.68. The van der Waals surface area contributed by atoms with Gasteiger partial charge in [-0.2, -0.15) is 0 Å². The first kappa shape index (κ1) is 12.3. The van der Waals surface area contributed by atoms with Crippen molar-refractivity contribution in [2.24, 2.45) is 5.73 Å². The lowest BCUT2D eigenvalue weighted by Gasteiger charge is -2.10. The fourth-order valence-corrected chi connectivity index (χ4v) is 1.83. The van der Waals surface area contributed by atoms with Crippen LogP contribution >= 0.6 is 15.9 Å². The van der Waals surface area contributed by atoms with Gasteiger partial charge in [0, 0.05) is 0 Å². The molecule has 0 heterocycles. The first-order valence-electron chi connectivity index (χ1n) is 5.03. The third-order valence-corrected chi connectivity index (χ3v) is 2.66. The summed E-state index contributed by atoms with van der Waals surface area (Å²) < 4.78 is 5.99. The Morgan fingerprint density at radius 1 is 1.47 bits per heavy atom. The number of phenolic OH excluding ortho intramolecular Hbond substituents is 1. The number of aryl methyl sites for hydroxylation is 1. The molecule has 0 unspecified atom stereocenters. The van der Waals surface area contributed by atoms with Gasteiger partial charge in [0.2, 0.25) is 0 Å². The van der Waals surface area contributed by atoms with E-state index in [-0.39, 0.29) is 5.75 Å². The topological polar surface area (TPSA) is 55.5 Å². The first-order chi connectivity index (χ1) is 7.19. The highest BCUT2D eigenvalue weighted by Crippen LogP contribution is 2.35. The van der Waals surface area contributed by atoms with Gasteiger partial charge in [-0.3, -0.25) is 0 Å². The number of hydrogen-bond donors (Lipinski definition) is 2. The number of ether oxygens (including phenoxy) is 1. The summed E-state index contributed by atoms with van der Waals surface area (Å²) in [5.41, 5.74) is 6.57. The molecule has 15 heavy (non-hydrogen) atoms. The van der Waals surface area contributed by atoms with Gasteiger partial charge in [0.15, 0.2) is 11.5 Å². The van der Waals surface area contributed by atoms with Crippen molar-refractivity contribution in [1.82, 2.24) is 0 Å². The predicted octanol–water partition coefficient (Wildman–Crippen LogP) is 2.44. The van der Waals surface area contributed by atoms with Crippen LogP contribution in [-0.2, 0) is 6.42 Å². The van der Waals surface area contributed by atoms with Gasteiger partial charge in [-0.15, -0.1) is 0 Å². The highest BCUT2D eigenvalue weighted by atomic mass is 79.9. The Morgan fingerprint density at radius 3 is 2.80 bits per heavy atom. The van der Waals surface area contributed by atoms with Crippen molar-refractivity contribution in [3.63, 3.8) is 0 Å². The molecule has 0 bridgehead atoms. The van der Waals surface area contributed by atoms with Crippen LogP contribution in [-0.4, -0.2) is 18.3 Å². The molecule has 0 radical (unpaired) electrons. The molecule has 3 N–H and O–H groups in total. The van der Waals surface area contributed by atoms with Gasteiger partial charge >= 0.3 is 0 Å². The zero-order chi connectivity index (χ0) is 11.3. The van der Waals surface area contributed by atoms with Crippen molar-refractivity contribution in [1.29, 1.82) is 0 Å². The van der Waals surface area contributed by atoms with Gasteiger partial charge in [0.1, 0.15) is 0 Å². The normalized spacial score (nSPS) is 10.3. The van der Waals surface area contributed by atoms with Crippen LogP contribution in [0.5, 0.6) is 11.5 Å². The van der Waals surface area contributed by atoms with E-state index in [1.54, 1.807) is 0 Å². The molecule has 1 aromatic carbocycles. The van der Waals surface area contributed by atoms with E-state index in [1.807, 2.05) is 19.1 Å². The molecule has 4 heteroatoms. The zero-order valence-electron chi connectivity index (χ0n) is 8.79. The van der Waals surface area contributed by atoms with Crippen LogP contribution in [0.4, 0.5) is 0 Å². The van der Waals surface area contributed by atoms with Crippen LogP contribution in [0.2, 0.25) is 0 Å². The summed E-state index contributed by atoms with van der Waals surface area (Å²) in [6, 6.07) is 3.76. The van der Waals surface area contributed by atoms with Crippen LogP contribution < -0.4 is 10.5 Å². The van der Waals surface area contributed by atoms with E-state index >= 15 is 0 Å². The second-order valence-electron chi connectivity index (χ2n) is 3.25. The van der Waals surface area contributed by atoms with Gasteiger partial charge in [0.25, 0.3) is 0 Å². The first-order valence-corrected chi connectivity index (χ1v) is 5.82. The summed E-state index contributed by atoms with van der Waals surface area (Å²) in [6.45, 7) is 3.10. The maximum absolute atomic E-state index is 9.68. The second-order valence-corrected chi connectivity index (χ2v) is 4.10. The smallest absolute Gasteiger partial charge is 0.172 e. The van der Waals surface area contributed by atoms with Crippen LogP contribution in [0.15, 0.2) is 16.6 Å². The van der Waals surface area contributed by atoms with E-state index in [2.05, 4.69) is 15.9 Å². The number of hydrogen-bond acceptors (Lipinski definition) is 3. The number of nitrogens with two attached hydrogens (primary N) is 1. The minimum atomic E-state index is 0.161. The Hall–Kier alpha value is -0.740. The second kappa shape index (κ2) is 5.98. The van der Waals surface area contributed by atoms with E-state index in [0.717, 1.165) is 18.4 Å². The Morgan fingerprint density at radius 2 is 2.20 bits per heavy atom. The van der Waals surface area contributed by atoms with Crippen molar-refractivity contribution in [2.75, 3.05) is 13.2 Å². The number of aromatic hydroxyl groups is 1. The molecule has 0 aliphatic rings. The van der Waals surface area contributed by atoms with Gasteiger partial charge in [-0.05, 0) is 59.9 Å². The predicted molar refractivity (Wildman–Crippen MR) is 64.4 cm³/mol. The van der Waals surface area contributed by atoms with Crippen molar-refractivity contribution in [3.8, 4) is 11.5 Å². The SMILES string of the molecule is CCOc1cc(CCCN)cc(Br)c1O. The molecule has 0 spiro atoms. The molecule has 0 saturated carbocycles. The lowest BCUT2D eigenvalue weighted by atomic mass is 10.1. The van der Waals surface area contributed by atoms with Gasteiger partial charge in [0.05, 0.1) is 11.1 Å².